The summed E-state index contributed by atoms with van der Waals surface area (Å²) in [6.45, 7) is 9.32. The first-order chi connectivity index (χ1) is 11.6. The summed E-state index contributed by atoms with van der Waals surface area (Å²) in [5.41, 5.74) is 6.48. The lowest BCUT2D eigenvalue weighted by molar-refractivity contribution is -0.131. The molecule has 3 rings (SSSR count). The van der Waals surface area contributed by atoms with E-state index in [-0.39, 0.29) is 10.8 Å². The molecule has 0 atom stereocenters. The van der Waals surface area contributed by atoms with Crippen LogP contribution in [0.3, 0.4) is 0 Å². The van der Waals surface area contributed by atoms with Crippen LogP contribution in [0.15, 0.2) is 36.5 Å². The average molecular weight is 337 g/mol. The number of carboxylic acid groups (broad SMARTS) is 1. The molecule has 0 fully saturated rings. The minimum atomic E-state index is -0.930. The number of hydrogen-bond acceptors (Lipinski definition) is 1. The highest BCUT2D eigenvalue weighted by atomic mass is 16.4. The Morgan fingerprint density at radius 2 is 1.68 bits per heavy atom. The van der Waals surface area contributed by atoms with Gasteiger partial charge in [0.1, 0.15) is 0 Å². The molecule has 2 aromatic rings. The Bertz CT molecular complexity index is 853. The fourth-order valence-electron chi connectivity index (χ4n) is 3.83. The van der Waals surface area contributed by atoms with E-state index in [0.717, 1.165) is 11.3 Å². The number of fused-ring (bicyclic) bond motifs is 1. The quantitative estimate of drug-likeness (QED) is 0.788. The van der Waals surface area contributed by atoms with Gasteiger partial charge in [-0.3, -0.25) is 0 Å². The number of hydrogen-bond donors (Lipinski definition) is 1. The van der Waals surface area contributed by atoms with Crippen LogP contribution < -0.4 is 0 Å². The number of carbonyl (C=O) groups is 1. The van der Waals surface area contributed by atoms with E-state index < -0.39 is 5.97 Å². The Morgan fingerprint density at radius 1 is 1.04 bits per heavy atom. The van der Waals surface area contributed by atoms with Crippen LogP contribution in [0.4, 0.5) is 0 Å². The Morgan fingerprint density at radius 3 is 2.32 bits per heavy atom. The van der Waals surface area contributed by atoms with Crippen LogP contribution in [-0.2, 0) is 22.7 Å². The second kappa shape index (κ2) is 5.91. The van der Waals surface area contributed by atoms with E-state index in [2.05, 4.69) is 52.1 Å². The van der Waals surface area contributed by atoms with Gasteiger partial charge in [0.2, 0.25) is 0 Å². The maximum Gasteiger partial charge on any atom is 0.328 e. The van der Waals surface area contributed by atoms with Crippen LogP contribution in [-0.4, -0.2) is 15.6 Å². The molecule has 132 valence electrons. The zero-order valence-electron chi connectivity index (χ0n) is 15.8. The summed E-state index contributed by atoms with van der Waals surface area (Å²) in [5, 5.41) is 8.83. The fraction of sp³-hybridized carbons (Fsp3) is 0.409. The third-order valence-electron chi connectivity index (χ3n) is 5.63. The number of aliphatic carboxylic acids is 1. The first kappa shape index (κ1) is 17.5. The monoisotopic (exact) mass is 337 g/mol. The summed E-state index contributed by atoms with van der Waals surface area (Å²) in [7, 11) is 1.94. The van der Waals surface area contributed by atoms with Crippen LogP contribution in [0.5, 0.6) is 0 Å². The van der Waals surface area contributed by atoms with Gasteiger partial charge in [-0.1, -0.05) is 45.9 Å². The number of aromatic nitrogens is 1. The maximum atomic E-state index is 10.8. The molecule has 0 spiro atoms. The molecule has 1 aromatic carbocycles. The highest BCUT2D eigenvalue weighted by molar-refractivity contribution is 5.85. The SMILES string of the molecule is Cn1cc(-c2ccc3c(c2)C(C)(C)CCC3(C)C)cc1/C=C/C(=O)O. The van der Waals surface area contributed by atoms with Crippen LogP contribution in [0, 0.1) is 0 Å². The molecule has 0 aliphatic heterocycles. The molecule has 0 saturated heterocycles. The van der Waals surface area contributed by atoms with Crippen molar-refractivity contribution in [1.29, 1.82) is 0 Å². The lowest BCUT2D eigenvalue weighted by Gasteiger charge is -2.42. The number of nitrogens with zero attached hydrogens (tertiary/aromatic N) is 1. The molecule has 25 heavy (non-hydrogen) atoms. The van der Waals surface area contributed by atoms with Gasteiger partial charge in [0.05, 0.1) is 0 Å². The standard InChI is InChI=1S/C22H27NO2/c1-21(2)10-11-22(3,4)19-13-15(6-8-18(19)21)16-12-17(23(5)14-16)7-9-20(24)25/h6-9,12-14H,10-11H2,1-5H3,(H,24,25)/b9-7+. The number of carboxylic acids is 1. The van der Waals surface area contributed by atoms with E-state index >= 15 is 0 Å². The second-order valence-electron chi connectivity index (χ2n) is 8.46. The van der Waals surface area contributed by atoms with Crippen LogP contribution in [0.25, 0.3) is 17.2 Å². The van der Waals surface area contributed by atoms with E-state index in [1.807, 2.05) is 17.7 Å². The van der Waals surface area contributed by atoms with Crippen molar-refractivity contribution in [1.82, 2.24) is 4.57 Å². The van der Waals surface area contributed by atoms with E-state index in [1.54, 1.807) is 6.08 Å². The number of aryl methyl sites for hydroxylation is 1. The lowest BCUT2D eigenvalue weighted by atomic mass is 9.63. The van der Waals surface area contributed by atoms with E-state index in [1.165, 1.54) is 35.6 Å². The lowest BCUT2D eigenvalue weighted by Crippen LogP contribution is -2.33. The van der Waals surface area contributed by atoms with Crippen molar-refractivity contribution in [3.05, 3.63) is 53.4 Å². The Labute approximate surface area is 150 Å². The average Bonchev–Trinajstić information content (AvgIpc) is 2.91. The van der Waals surface area contributed by atoms with Crippen molar-refractivity contribution in [2.75, 3.05) is 0 Å². The van der Waals surface area contributed by atoms with Gasteiger partial charge < -0.3 is 9.67 Å². The van der Waals surface area contributed by atoms with Crippen LogP contribution in [0.2, 0.25) is 0 Å². The highest BCUT2D eigenvalue weighted by Gasteiger charge is 2.36. The molecule has 1 aromatic heterocycles. The molecular formula is C22H27NO2. The Hall–Kier alpha value is -2.29. The molecule has 1 heterocycles. The molecule has 3 nitrogen and oxygen atoms in total. The third-order valence-corrected chi connectivity index (χ3v) is 5.63. The van der Waals surface area contributed by atoms with Gasteiger partial charge in [0, 0.05) is 25.0 Å². The summed E-state index contributed by atoms with van der Waals surface area (Å²) in [6, 6.07) is 8.85. The summed E-state index contributed by atoms with van der Waals surface area (Å²) >= 11 is 0. The van der Waals surface area contributed by atoms with Gasteiger partial charge in [-0.2, -0.15) is 0 Å². The summed E-state index contributed by atoms with van der Waals surface area (Å²) < 4.78 is 1.96. The Balaban J connectivity index is 2.06. The minimum Gasteiger partial charge on any atom is -0.478 e. The van der Waals surface area contributed by atoms with Crippen molar-refractivity contribution in [3.63, 3.8) is 0 Å². The van der Waals surface area contributed by atoms with E-state index in [4.69, 9.17) is 5.11 Å². The first-order valence-corrected chi connectivity index (χ1v) is 8.83. The summed E-state index contributed by atoms with van der Waals surface area (Å²) in [4.78, 5) is 10.8. The predicted octanol–water partition coefficient (Wildman–Crippen LogP) is 5.14. The van der Waals surface area contributed by atoms with Gasteiger partial charge in [-0.25, -0.2) is 4.79 Å². The summed E-state index contributed by atoms with van der Waals surface area (Å²) in [6.07, 6.45) is 7.28. The molecule has 0 amide bonds. The first-order valence-electron chi connectivity index (χ1n) is 8.83. The molecule has 1 aliphatic carbocycles. The molecule has 1 N–H and O–H groups in total. The smallest absolute Gasteiger partial charge is 0.328 e. The maximum absolute atomic E-state index is 10.8. The van der Waals surface area contributed by atoms with Crippen molar-refractivity contribution in [2.45, 2.75) is 51.4 Å². The molecule has 0 bridgehead atoms. The van der Waals surface area contributed by atoms with E-state index in [0.29, 0.717) is 0 Å². The topological polar surface area (TPSA) is 42.2 Å². The number of benzene rings is 1. The van der Waals surface area contributed by atoms with Crippen LogP contribution in [0.1, 0.15) is 57.4 Å². The van der Waals surface area contributed by atoms with Gasteiger partial charge in [0.25, 0.3) is 0 Å². The van der Waals surface area contributed by atoms with Gasteiger partial charge in [-0.15, -0.1) is 0 Å². The van der Waals surface area contributed by atoms with E-state index in [9.17, 15) is 4.79 Å². The van der Waals surface area contributed by atoms with Gasteiger partial charge >= 0.3 is 5.97 Å². The summed E-state index contributed by atoms with van der Waals surface area (Å²) in [5.74, 6) is -0.930. The van der Waals surface area contributed by atoms with Crippen molar-refractivity contribution in [3.8, 4) is 11.1 Å². The molecule has 1 aliphatic rings. The predicted molar refractivity (Wildman–Crippen MR) is 103 cm³/mol. The Kier molecular flexibility index (Phi) is 4.14. The fourth-order valence-corrected chi connectivity index (χ4v) is 3.83. The molecule has 0 radical (unpaired) electrons. The van der Waals surface area contributed by atoms with Crippen LogP contribution >= 0.6 is 0 Å². The third kappa shape index (κ3) is 3.28. The van der Waals surface area contributed by atoms with Gasteiger partial charge in [-0.05, 0) is 58.1 Å². The van der Waals surface area contributed by atoms with Gasteiger partial charge in [0.15, 0.2) is 0 Å². The molecular weight excluding hydrogens is 310 g/mol. The zero-order valence-corrected chi connectivity index (χ0v) is 15.8. The van der Waals surface area contributed by atoms with Crippen molar-refractivity contribution >= 4 is 12.0 Å². The largest absolute Gasteiger partial charge is 0.478 e. The second-order valence-corrected chi connectivity index (χ2v) is 8.46. The minimum absolute atomic E-state index is 0.182. The zero-order chi connectivity index (χ0) is 18.4. The highest BCUT2D eigenvalue weighted by Crippen LogP contribution is 2.46. The normalized spacial score (nSPS) is 18.3. The molecule has 0 unspecified atom stereocenters. The van der Waals surface area contributed by atoms with Crippen molar-refractivity contribution in [2.24, 2.45) is 7.05 Å². The van der Waals surface area contributed by atoms with Crippen molar-refractivity contribution < 1.29 is 9.90 Å². The molecule has 3 heteroatoms. The number of rotatable bonds is 3. The molecule has 0 saturated carbocycles.